The first-order valence-electron chi connectivity index (χ1n) is 8.83. The zero-order chi connectivity index (χ0) is 17.4. The van der Waals surface area contributed by atoms with Crippen molar-refractivity contribution < 1.29 is 4.79 Å². The molecule has 0 radical (unpaired) electrons. The highest BCUT2D eigenvalue weighted by atomic mass is 16.2. The molecule has 4 rings (SSSR count). The zero-order valence-electron chi connectivity index (χ0n) is 14.6. The Morgan fingerprint density at radius 3 is 2.76 bits per heavy atom. The molecule has 1 aromatic carbocycles. The maximum atomic E-state index is 12.8. The van der Waals surface area contributed by atoms with E-state index in [4.69, 9.17) is 4.98 Å². The summed E-state index contributed by atoms with van der Waals surface area (Å²) in [6.45, 7) is 3.61. The van der Waals surface area contributed by atoms with E-state index in [0.717, 1.165) is 41.9 Å². The molecule has 0 saturated carbocycles. The molecule has 1 amide bonds. The summed E-state index contributed by atoms with van der Waals surface area (Å²) in [5.74, 6) is 1.39. The minimum atomic E-state index is 0.113. The molecule has 0 spiro atoms. The molecule has 0 aliphatic carbocycles. The molecule has 0 N–H and O–H groups in total. The number of pyridine rings is 1. The minimum Gasteiger partial charge on any atom is -0.338 e. The number of hydrogen-bond donors (Lipinski definition) is 0. The monoisotopic (exact) mass is 334 g/mol. The smallest absolute Gasteiger partial charge is 0.253 e. The molecule has 2 aromatic heterocycles. The van der Waals surface area contributed by atoms with Crippen molar-refractivity contribution in [2.24, 2.45) is 7.05 Å². The van der Waals surface area contributed by atoms with Crippen molar-refractivity contribution in [1.29, 1.82) is 0 Å². The number of rotatable bonds is 3. The molecule has 1 aliphatic rings. The SMILES string of the molecule is CCc1ccc(C(=O)N2CC[C@H](c3nc4cccnc4n3C)C2)cc1. The fraction of sp³-hybridized carbons (Fsp3) is 0.350. The van der Waals surface area contributed by atoms with Crippen molar-refractivity contribution >= 4 is 17.1 Å². The summed E-state index contributed by atoms with van der Waals surface area (Å²) in [5.41, 5.74) is 3.84. The first-order chi connectivity index (χ1) is 12.2. The van der Waals surface area contributed by atoms with Gasteiger partial charge in [-0.2, -0.15) is 0 Å². The van der Waals surface area contributed by atoms with Crippen LogP contribution in [-0.2, 0) is 13.5 Å². The van der Waals surface area contributed by atoms with Gasteiger partial charge in [0.2, 0.25) is 0 Å². The molecule has 1 saturated heterocycles. The number of hydrogen-bond acceptors (Lipinski definition) is 3. The maximum Gasteiger partial charge on any atom is 0.253 e. The largest absolute Gasteiger partial charge is 0.338 e. The number of benzene rings is 1. The Balaban J connectivity index is 1.53. The van der Waals surface area contributed by atoms with Gasteiger partial charge >= 0.3 is 0 Å². The number of aromatic nitrogens is 3. The van der Waals surface area contributed by atoms with E-state index in [1.807, 2.05) is 48.3 Å². The summed E-state index contributed by atoms with van der Waals surface area (Å²) >= 11 is 0. The zero-order valence-corrected chi connectivity index (χ0v) is 14.6. The van der Waals surface area contributed by atoms with Crippen LogP contribution < -0.4 is 0 Å². The molecule has 3 heterocycles. The average Bonchev–Trinajstić information content (AvgIpc) is 3.27. The number of nitrogens with zero attached hydrogens (tertiary/aromatic N) is 4. The van der Waals surface area contributed by atoms with E-state index in [9.17, 15) is 4.79 Å². The average molecular weight is 334 g/mol. The molecule has 1 fully saturated rings. The van der Waals surface area contributed by atoms with Gasteiger partial charge in [0.25, 0.3) is 5.91 Å². The van der Waals surface area contributed by atoms with Crippen molar-refractivity contribution in [3.05, 3.63) is 59.5 Å². The van der Waals surface area contributed by atoms with E-state index < -0.39 is 0 Å². The Labute approximate surface area is 147 Å². The molecular formula is C20H22N4O. The van der Waals surface area contributed by atoms with Gasteiger partial charge in [0.1, 0.15) is 11.3 Å². The lowest BCUT2D eigenvalue weighted by molar-refractivity contribution is 0.0790. The summed E-state index contributed by atoms with van der Waals surface area (Å²) < 4.78 is 2.06. The lowest BCUT2D eigenvalue weighted by Gasteiger charge is -2.17. The number of fused-ring (bicyclic) bond motifs is 1. The third-order valence-electron chi connectivity index (χ3n) is 5.11. The number of aryl methyl sites for hydroxylation is 2. The second-order valence-electron chi connectivity index (χ2n) is 6.66. The van der Waals surface area contributed by atoms with E-state index in [-0.39, 0.29) is 11.8 Å². The summed E-state index contributed by atoms with van der Waals surface area (Å²) in [7, 11) is 2.01. The molecule has 1 atom stereocenters. The molecule has 25 heavy (non-hydrogen) atoms. The standard InChI is InChI=1S/C20H22N4O/c1-3-14-6-8-15(9-7-14)20(25)24-12-10-16(13-24)18-22-17-5-4-11-21-19(17)23(18)2/h4-9,11,16H,3,10,12-13H2,1-2H3/t16-/m0/s1. The van der Waals surface area contributed by atoms with Crippen molar-refractivity contribution in [3.8, 4) is 0 Å². The van der Waals surface area contributed by atoms with Gasteiger partial charge in [-0.3, -0.25) is 4.79 Å². The molecule has 3 aromatic rings. The molecule has 5 nitrogen and oxygen atoms in total. The van der Waals surface area contributed by atoms with Crippen LogP contribution in [0.25, 0.3) is 11.2 Å². The molecule has 0 bridgehead atoms. The molecule has 0 unspecified atom stereocenters. The fourth-order valence-electron chi connectivity index (χ4n) is 3.63. The minimum absolute atomic E-state index is 0.113. The Hall–Kier alpha value is -2.69. The fourth-order valence-corrected chi connectivity index (χ4v) is 3.63. The lowest BCUT2D eigenvalue weighted by Crippen LogP contribution is -2.28. The molecular weight excluding hydrogens is 312 g/mol. The van der Waals surface area contributed by atoms with Gasteiger partial charge in [0.15, 0.2) is 5.65 Å². The van der Waals surface area contributed by atoms with Gasteiger partial charge in [0.05, 0.1) is 0 Å². The Morgan fingerprint density at radius 1 is 1.24 bits per heavy atom. The molecule has 128 valence electrons. The van der Waals surface area contributed by atoms with Gasteiger partial charge in [-0.25, -0.2) is 9.97 Å². The van der Waals surface area contributed by atoms with Crippen LogP contribution in [0.1, 0.15) is 41.0 Å². The summed E-state index contributed by atoms with van der Waals surface area (Å²) in [4.78, 5) is 23.9. The van der Waals surface area contributed by atoms with Crippen LogP contribution in [0, 0.1) is 0 Å². The quantitative estimate of drug-likeness (QED) is 0.739. The summed E-state index contributed by atoms with van der Waals surface area (Å²) in [6, 6.07) is 11.8. The van der Waals surface area contributed by atoms with Crippen molar-refractivity contribution in [2.45, 2.75) is 25.7 Å². The number of likely N-dealkylation sites (tertiary alicyclic amines) is 1. The third kappa shape index (κ3) is 2.80. The predicted octanol–water partition coefficient (Wildman–Crippen LogP) is 3.16. The Bertz CT molecular complexity index is 913. The number of carbonyl (C=O) groups excluding carboxylic acids is 1. The first kappa shape index (κ1) is 15.8. The van der Waals surface area contributed by atoms with E-state index in [1.165, 1.54) is 5.56 Å². The number of carbonyl (C=O) groups is 1. The van der Waals surface area contributed by atoms with Crippen LogP contribution in [0.4, 0.5) is 0 Å². The van der Waals surface area contributed by atoms with Crippen LogP contribution in [-0.4, -0.2) is 38.4 Å². The summed E-state index contributed by atoms with van der Waals surface area (Å²) in [6.07, 6.45) is 3.72. The van der Waals surface area contributed by atoms with Gasteiger partial charge in [-0.15, -0.1) is 0 Å². The number of imidazole rings is 1. The van der Waals surface area contributed by atoms with Crippen LogP contribution in [0.5, 0.6) is 0 Å². The first-order valence-corrected chi connectivity index (χ1v) is 8.83. The highest BCUT2D eigenvalue weighted by Crippen LogP contribution is 2.29. The highest BCUT2D eigenvalue weighted by Gasteiger charge is 2.31. The van der Waals surface area contributed by atoms with Crippen LogP contribution >= 0.6 is 0 Å². The van der Waals surface area contributed by atoms with Crippen molar-refractivity contribution in [3.63, 3.8) is 0 Å². The maximum absolute atomic E-state index is 12.8. The van der Waals surface area contributed by atoms with Gasteiger partial charge < -0.3 is 9.47 Å². The van der Waals surface area contributed by atoms with Gasteiger partial charge in [-0.05, 0) is 42.7 Å². The van der Waals surface area contributed by atoms with Crippen molar-refractivity contribution in [2.75, 3.05) is 13.1 Å². The second-order valence-corrected chi connectivity index (χ2v) is 6.66. The second kappa shape index (κ2) is 6.31. The third-order valence-corrected chi connectivity index (χ3v) is 5.11. The molecule has 5 heteroatoms. The van der Waals surface area contributed by atoms with Crippen LogP contribution in [0.15, 0.2) is 42.6 Å². The lowest BCUT2D eigenvalue weighted by atomic mass is 10.1. The van der Waals surface area contributed by atoms with Gasteiger partial charge in [-0.1, -0.05) is 19.1 Å². The van der Waals surface area contributed by atoms with Crippen LogP contribution in [0.2, 0.25) is 0 Å². The predicted molar refractivity (Wildman–Crippen MR) is 97.6 cm³/mol. The topological polar surface area (TPSA) is 51.0 Å². The van der Waals surface area contributed by atoms with E-state index in [0.29, 0.717) is 6.54 Å². The highest BCUT2D eigenvalue weighted by molar-refractivity contribution is 5.94. The van der Waals surface area contributed by atoms with Crippen molar-refractivity contribution in [1.82, 2.24) is 19.4 Å². The van der Waals surface area contributed by atoms with E-state index in [2.05, 4.69) is 16.5 Å². The normalized spacial score (nSPS) is 17.4. The van der Waals surface area contributed by atoms with Crippen LogP contribution in [0.3, 0.4) is 0 Å². The summed E-state index contributed by atoms with van der Waals surface area (Å²) in [5, 5.41) is 0. The van der Waals surface area contributed by atoms with E-state index in [1.54, 1.807) is 6.20 Å². The molecule has 1 aliphatic heterocycles. The Kier molecular flexibility index (Phi) is 3.99. The van der Waals surface area contributed by atoms with E-state index >= 15 is 0 Å². The van der Waals surface area contributed by atoms with Gasteiger partial charge in [0, 0.05) is 37.8 Å². The number of amides is 1. The Morgan fingerprint density at radius 2 is 2.04 bits per heavy atom.